The number of nitrogens with one attached hydrogen (secondary N) is 2. The van der Waals surface area contributed by atoms with Crippen LogP contribution in [0.2, 0.25) is 0 Å². The molecule has 1 aromatic rings. The zero-order chi connectivity index (χ0) is 13.4. The molecule has 0 unspecified atom stereocenters. The predicted octanol–water partition coefficient (Wildman–Crippen LogP) is 1.87. The molecule has 0 saturated carbocycles. The smallest absolute Gasteiger partial charge is 0.241 e. The van der Waals surface area contributed by atoms with Gasteiger partial charge >= 0.3 is 0 Å². The SMILES string of the molecule is CCCNC(=O)CN=C(N)Nc1cccc(C)c1.I. The standard InChI is InChI=1S/C13H20N4O.HI/c1-3-7-15-12(18)9-16-13(14)17-11-6-4-5-10(2)8-11;/h4-6,8H,3,7,9H2,1-2H3,(H,15,18)(H3,14,16,17);1H. The molecular weight excluding hydrogens is 355 g/mol. The van der Waals surface area contributed by atoms with E-state index in [4.69, 9.17) is 5.73 Å². The van der Waals surface area contributed by atoms with Crippen LogP contribution in [0.1, 0.15) is 18.9 Å². The molecule has 0 atom stereocenters. The summed E-state index contributed by atoms with van der Waals surface area (Å²) >= 11 is 0. The molecule has 0 aliphatic carbocycles. The number of halogens is 1. The lowest BCUT2D eigenvalue weighted by atomic mass is 10.2. The average molecular weight is 376 g/mol. The van der Waals surface area contributed by atoms with E-state index in [0.29, 0.717) is 6.54 Å². The monoisotopic (exact) mass is 376 g/mol. The number of hydrogen-bond acceptors (Lipinski definition) is 2. The summed E-state index contributed by atoms with van der Waals surface area (Å²) in [4.78, 5) is 15.3. The number of rotatable bonds is 5. The first-order valence-corrected chi connectivity index (χ1v) is 6.02. The Morgan fingerprint density at radius 1 is 1.42 bits per heavy atom. The van der Waals surface area contributed by atoms with E-state index in [0.717, 1.165) is 17.7 Å². The highest BCUT2D eigenvalue weighted by atomic mass is 127. The number of carbonyl (C=O) groups is 1. The molecule has 0 aliphatic rings. The van der Waals surface area contributed by atoms with Crippen LogP contribution in [0.4, 0.5) is 5.69 Å². The van der Waals surface area contributed by atoms with E-state index in [1.54, 1.807) is 0 Å². The van der Waals surface area contributed by atoms with Crippen LogP contribution in [0, 0.1) is 6.92 Å². The predicted molar refractivity (Wildman–Crippen MR) is 90.0 cm³/mol. The lowest BCUT2D eigenvalue weighted by molar-refractivity contribution is -0.119. The molecule has 0 heterocycles. The fourth-order valence-electron chi connectivity index (χ4n) is 1.39. The number of amides is 1. The van der Waals surface area contributed by atoms with E-state index in [2.05, 4.69) is 15.6 Å². The van der Waals surface area contributed by atoms with Gasteiger partial charge in [-0.2, -0.15) is 0 Å². The maximum atomic E-state index is 11.3. The van der Waals surface area contributed by atoms with E-state index in [9.17, 15) is 4.79 Å². The van der Waals surface area contributed by atoms with Crippen molar-refractivity contribution in [1.82, 2.24) is 5.32 Å². The zero-order valence-electron chi connectivity index (χ0n) is 11.3. The van der Waals surface area contributed by atoms with E-state index in [-0.39, 0.29) is 42.4 Å². The number of nitrogens with zero attached hydrogens (tertiary/aromatic N) is 1. The summed E-state index contributed by atoms with van der Waals surface area (Å²) in [5.41, 5.74) is 7.69. The van der Waals surface area contributed by atoms with Gasteiger partial charge in [0.1, 0.15) is 6.54 Å². The Morgan fingerprint density at radius 3 is 2.79 bits per heavy atom. The summed E-state index contributed by atoms with van der Waals surface area (Å²) in [7, 11) is 0. The number of benzene rings is 1. The molecule has 0 aliphatic heterocycles. The Labute approximate surface area is 131 Å². The molecule has 19 heavy (non-hydrogen) atoms. The van der Waals surface area contributed by atoms with Crippen LogP contribution in [0.5, 0.6) is 0 Å². The van der Waals surface area contributed by atoms with Crippen molar-refractivity contribution in [1.29, 1.82) is 0 Å². The summed E-state index contributed by atoms with van der Waals surface area (Å²) in [5.74, 6) is 0.123. The van der Waals surface area contributed by atoms with Gasteiger partial charge in [-0.05, 0) is 31.0 Å². The van der Waals surface area contributed by atoms with Gasteiger partial charge in [0.25, 0.3) is 0 Å². The first-order chi connectivity index (χ1) is 8.61. The maximum Gasteiger partial charge on any atom is 0.241 e. The van der Waals surface area contributed by atoms with Gasteiger partial charge in [-0.15, -0.1) is 24.0 Å². The number of guanidine groups is 1. The molecule has 106 valence electrons. The molecule has 0 bridgehead atoms. The quantitative estimate of drug-likeness (QED) is 0.417. The number of anilines is 1. The number of nitrogens with two attached hydrogens (primary N) is 1. The second-order valence-corrected chi connectivity index (χ2v) is 4.05. The highest BCUT2D eigenvalue weighted by Gasteiger charge is 1.99. The van der Waals surface area contributed by atoms with Crippen molar-refractivity contribution in [3.05, 3.63) is 29.8 Å². The summed E-state index contributed by atoms with van der Waals surface area (Å²) in [6.07, 6.45) is 0.909. The Kier molecular flexibility index (Phi) is 8.94. The van der Waals surface area contributed by atoms with Gasteiger partial charge in [-0.3, -0.25) is 4.79 Å². The number of hydrogen-bond donors (Lipinski definition) is 3. The summed E-state index contributed by atoms with van der Waals surface area (Å²) in [6.45, 7) is 4.71. The Morgan fingerprint density at radius 2 is 2.16 bits per heavy atom. The Hall–Kier alpha value is -1.31. The third-order valence-electron chi connectivity index (χ3n) is 2.26. The molecule has 1 aromatic carbocycles. The second kappa shape index (κ2) is 9.60. The third kappa shape index (κ3) is 7.66. The summed E-state index contributed by atoms with van der Waals surface area (Å²) in [5, 5.41) is 5.67. The van der Waals surface area contributed by atoms with Gasteiger partial charge in [0.05, 0.1) is 0 Å². The first kappa shape index (κ1) is 17.7. The topological polar surface area (TPSA) is 79.5 Å². The maximum absolute atomic E-state index is 11.3. The van der Waals surface area contributed by atoms with E-state index in [1.807, 2.05) is 38.1 Å². The molecule has 0 radical (unpaired) electrons. The van der Waals surface area contributed by atoms with Crippen molar-refractivity contribution >= 4 is 41.5 Å². The van der Waals surface area contributed by atoms with Crippen molar-refractivity contribution in [2.24, 2.45) is 10.7 Å². The fraction of sp³-hybridized carbons (Fsp3) is 0.385. The van der Waals surface area contributed by atoms with Crippen LogP contribution in [-0.4, -0.2) is 25.0 Å². The van der Waals surface area contributed by atoms with E-state index >= 15 is 0 Å². The van der Waals surface area contributed by atoms with Crippen LogP contribution in [0.3, 0.4) is 0 Å². The van der Waals surface area contributed by atoms with Gasteiger partial charge in [-0.25, -0.2) is 4.99 Å². The minimum absolute atomic E-state index is 0. The minimum Gasteiger partial charge on any atom is -0.370 e. The molecule has 0 fully saturated rings. The van der Waals surface area contributed by atoms with Gasteiger partial charge in [0.2, 0.25) is 5.91 Å². The van der Waals surface area contributed by atoms with Gasteiger partial charge < -0.3 is 16.4 Å². The van der Waals surface area contributed by atoms with Crippen molar-refractivity contribution in [2.75, 3.05) is 18.4 Å². The summed E-state index contributed by atoms with van der Waals surface area (Å²) < 4.78 is 0. The number of aliphatic imine (C=N–C) groups is 1. The van der Waals surface area contributed by atoms with Gasteiger partial charge in [-0.1, -0.05) is 19.1 Å². The van der Waals surface area contributed by atoms with Crippen molar-refractivity contribution in [2.45, 2.75) is 20.3 Å². The molecule has 5 nitrogen and oxygen atoms in total. The van der Waals surface area contributed by atoms with Crippen LogP contribution >= 0.6 is 24.0 Å². The minimum atomic E-state index is -0.120. The number of carbonyl (C=O) groups excluding carboxylic acids is 1. The third-order valence-corrected chi connectivity index (χ3v) is 2.26. The van der Waals surface area contributed by atoms with Crippen molar-refractivity contribution in [3.63, 3.8) is 0 Å². The lowest BCUT2D eigenvalue weighted by Gasteiger charge is -2.06. The van der Waals surface area contributed by atoms with Crippen LogP contribution in [0.25, 0.3) is 0 Å². The van der Waals surface area contributed by atoms with E-state index in [1.165, 1.54) is 0 Å². The molecule has 0 spiro atoms. The molecule has 1 rings (SSSR count). The molecule has 4 N–H and O–H groups in total. The van der Waals surface area contributed by atoms with Crippen LogP contribution in [-0.2, 0) is 4.79 Å². The van der Waals surface area contributed by atoms with E-state index < -0.39 is 0 Å². The fourth-order valence-corrected chi connectivity index (χ4v) is 1.39. The van der Waals surface area contributed by atoms with Crippen molar-refractivity contribution in [3.8, 4) is 0 Å². The Bertz CT molecular complexity index is 434. The average Bonchev–Trinajstić information content (AvgIpc) is 2.34. The normalized spacial score (nSPS) is 10.5. The van der Waals surface area contributed by atoms with Crippen LogP contribution in [0.15, 0.2) is 29.3 Å². The second-order valence-electron chi connectivity index (χ2n) is 4.05. The zero-order valence-corrected chi connectivity index (χ0v) is 13.6. The highest BCUT2D eigenvalue weighted by Crippen LogP contribution is 2.08. The molecular formula is C13H21IN4O. The summed E-state index contributed by atoms with van der Waals surface area (Å²) in [6, 6.07) is 7.78. The lowest BCUT2D eigenvalue weighted by Crippen LogP contribution is -2.29. The van der Waals surface area contributed by atoms with Gasteiger partial charge in [0.15, 0.2) is 5.96 Å². The Balaban J connectivity index is 0.00000324. The molecule has 0 aromatic heterocycles. The first-order valence-electron chi connectivity index (χ1n) is 6.02. The largest absolute Gasteiger partial charge is 0.370 e. The van der Waals surface area contributed by atoms with Gasteiger partial charge in [0, 0.05) is 12.2 Å². The molecule has 0 saturated heterocycles. The van der Waals surface area contributed by atoms with Crippen molar-refractivity contribution < 1.29 is 4.79 Å². The van der Waals surface area contributed by atoms with Crippen LogP contribution < -0.4 is 16.4 Å². The molecule has 6 heteroatoms. The number of aryl methyl sites for hydroxylation is 1. The highest BCUT2D eigenvalue weighted by molar-refractivity contribution is 14.0. The molecule has 1 amide bonds.